The van der Waals surface area contributed by atoms with Crippen LogP contribution in [0.4, 0.5) is 0 Å². The molecule has 1 aliphatic rings. The Morgan fingerprint density at radius 2 is 2.20 bits per heavy atom. The maximum absolute atomic E-state index is 12.7. The largest absolute Gasteiger partial charge is 0.353 e. The molecule has 1 fully saturated rings. The van der Waals surface area contributed by atoms with Crippen LogP contribution in [0.25, 0.3) is 0 Å². The molecule has 1 atom stereocenters. The van der Waals surface area contributed by atoms with Crippen LogP contribution in [-0.4, -0.2) is 45.4 Å². The van der Waals surface area contributed by atoms with Gasteiger partial charge in [0.25, 0.3) is 5.91 Å². The molecule has 20 heavy (non-hydrogen) atoms. The summed E-state index contributed by atoms with van der Waals surface area (Å²) < 4.78 is 3.92. The average Bonchev–Trinajstić information content (AvgIpc) is 2.86. The number of carbonyl (C=O) groups is 2. The van der Waals surface area contributed by atoms with Crippen molar-refractivity contribution in [3.8, 4) is 0 Å². The van der Waals surface area contributed by atoms with Crippen LogP contribution in [0.3, 0.4) is 0 Å². The summed E-state index contributed by atoms with van der Waals surface area (Å²) in [6, 6.07) is -0.397. The lowest BCUT2D eigenvalue weighted by Gasteiger charge is -2.34. The first-order valence-electron chi connectivity index (χ1n) is 6.77. The molecule has 1 unspecified atom stereocenters. The van der Waals surface area contributed by atoms with Gasteiger partial charge in [0, 0.05) is 18.5 Å². The minimum absolute atomic E-state index is 0.0816. The Bertz CT molecular complexity index is 521. The highest BCUT2D eigenvalue weighted by molar-refractivity contribution is 7.08. The molecule has 0 bridgehead atoms. The molecule has 7 heteroatoms. The Morgan fingerprint density at radius 1 is 1.50 bits per heavy atom. The number of hydrogen-bond donors (Lipinski definition) is 1. The fraction of sp³-hybridized carbons (Fsp3) is 0.692. The van der Waals surface area contributed by atoms with Gasteiger partial charge in [-0.05, 0) is 18.0 Å². The highest BCUT2D eigenvalue weighted by atomic mass is 32.1. The fourth-order valence-corrected chi connectivity index (χ4v) is 3.15. The first-order valence-corrected chi connectivity index (χ1v) is 7.55. The lowest BCUT2D eigenvalue weighted by Crippen LogP contribution is -2.57. The number of piperazine rings is 1. The number of nitrogens with zero attached hydrogens (tertiary/aromatic N) is 3. The molecule has 1 aromatic rings. The molecule has 2 amide bonds. The third kappa shape index (κ3) is 2.67. The van der Waals surface area contributed by atoms with Gasteiger partial charge in [-0.3, -0.25) is 9.59 Å². The molecule has 1 saturated heterocycles. The van der Waals surface area contributed by atoms with Gasteiger partial charge in [-0.1, -0.05) is 32.2 Å². The predicted octanol–water partition coefficient (Wildman–Crippen LogP) is 1.19. The summed E-state index contributed by atoms with van der Waals surface area (Å²) >= 11 is 1.11. The lowest BCUT2D eigenvalue weighted by molar-refractivity contribution is -0.127. The van der Waals surface area contributed by atoms with Crippen molar-refractivity contribution in [1.82, 2.24) is 19.8 Å². The summed E-state index contributed by atoms with van der Waals surface area (Å²) in [5.41, 5.74) is 0.464. The molecule has 0 saturated carbocycles. The van der Waals surface area contributed by atoms with Crippen molar-refractivity contribution in [3.05, 3.63) is 10.6 Å². The fourth-order valence-electron chi connectivity index (χ4n) is 2.32. The summed E-state index contributed by atoms with van der Waals surface area (Å²) in [6.07, 6.45) is 0.606. The Kier molecular flexibility index (Phi) is 4.08. The second kappa shape index (κ2) is 5.47. The van der Waals surface area contributed by atoms with Crippen molar-refractivity contribution in [1.29, 1.82) is 0 Å². The standard InChI is InChI=1S/C13H20N4O2S/c1-5-8-11(18)14-6-7-17(8)12(19)9-10(13(2,3)4)15-16-20-9/h8H,5-7H2,1-4H3,(H,14,18). The van der Waals surface area contributed by atoms with E-state index in [1.807, 2.05) is 27.7 Å². The van der Waals surface area contributed by atoms with Gasteiger partial charge in [0.2, 0.25) is 5.91 Å². The second-order valence-corrected chi connectivity index (χ2v) is 6.67. The Balaban J connectivity index is 2.31. The molecular formula is C13H20N4O2S. The molecule has 6 nitrogen and oxygen atoms in total. The van der Waals surface area contributed by atoms with Gasteiger partial charge in [-0.2, -0.15) is 0 Å². The highest BCUT2D eigenvalue weighted by Gasteiger charge is 2.36. The molecule has 1 aromatic heterocycles. The van der Waals surface area contributed by atoms with E-state index in [0.717, 1.165) is 11.5 Å². The monoisotopic (exact) mass is 296 g/mol. The van der Waals surface area contributed by atoms with Crippen LogP contribution in [-0.2, 0) is 10.2 Å². The summed E-state index contributed by atoms with van der Waals surface area (Å²) in [7, 11) is 0. The Morgan fingerprint density at radius 3 is 2.80 bits per heavy atom. The Hall–Kier alpha value is -1.50. The maximum Gasteiger partial charge on any atom is 0.268 e. The molecule has 110 valence electrons. The maximum atomic E-state index is 12.7. The quantitative estimate of drug-likeness (QED) is 0.889. The van der Waals surface area contributed by atoms with Crippen molar-refractivity contribution >= 4 is 23.3 Å². The molecule has 0 spiro atoms. The third-order valence-electron chi connectivity index (χ3n) is 3.37. The van der Waals surface area contributed by atoms with Crippen LogP contribution in [0.5, 0.6) is 0 Å². The first kappa shape index (κ1) is 14.9. The van der Waals surface area contributed by atoms with Crippen LogP contribution in [0.15, 0.2) is 0 Å². The van der Waals surface area contributed by atoms with Gasteiger partial charge < -0.3 is 10.2 Å². The molecular weight excluding hydrogens is 276 g/mol. The summed E-state index contributed by atoms with van der Waals surface area (Å²) in [5, 5.41) is 6.89. The van der Waals surface area contributed by atoms with Crippen LogP contribution in [0.2, 0.25) is 0 Å². The number of hydrogen-bond acceptors (Lipinski definition) is 5. The summed E-state index contributed by atoms with van der Waals surface area (Å²) in [5.74, 6) is -0.214. The van der Waals surface area contributed by atoms with Gasteiger partial charge >= 0.3 is 0 Å². The molecule has 1 aliphatic heterocycles. The average molecular weight is 296 g/mol. The minimum Gasteiger partial charge on any atom is -0.353 e. The van der Waals surface area contributed by atoms with Crippen molar-refractivity contribution in [2.24, 2.45) is 0 Å². The zero-order valence-electron chi connectivity index (χ0n) is 12.3. The normalized spacial score (nSPS) is 19.9. The zero-order valence-corrected chi connectivity index (χ0v) is 13.1. The van der Waals surface area contributed by atoms with Crippen LogP contribution < -0.4 is 5.32 Å². The number of rotatable bonds is 2. The lowest BCUT2D eigenvalue weighted by atomic mass is 9.91. The summed E-state index contributed by atoms with van der Waals surface area (Å²) in [4.78, 5) is 26.8. The van der Waals surface area contributed by atoms with E-state index in [0.29, 0.717) is 30.1 Å². The van der Waals surface area contributed by atoms with E-state index in [2.05, 4.69) is 14.9 Å². The van der Waals surface area contributed by atoms with Crippen LogP contribution in [0, 0.1) is 0 Å². The van der Waals surface area contributed by atoms with E-state index < -0.39 is 6.04 Å². The van der Waals surface area contributed by atoms with Crippen LogP contribution >= 0.6 is 11.5 Å². The van der Waals surface area contributed by atoms with Crippen molar-refractivity contribution < 1.29 is 9.59 Å². The van der Waals surface area contributed by atoms with Crippen molar-refractivity contribution in [3.63, 3.8) is 0 Å². The van der Waals surface area contributed by atoms with Gasteiger partial charge in [-0.25, -0.2) is 0 Å². The van der Waals surface area contributed by atoms with Crippen molar-refractivity contribution in [2.75, 3.05) is 13.1 Å². The smallest absolute Gasteiger partial charge is 0.268 e. The molecule has 0 aromatic carbocycles. The van der Waals surface area contributed by atoms with E-state index in [1.54, 1.807) is 4.90 Å². The molecule has 2 heterocycles. The molecule has 1 N–H and O–H groups in total. The van der Waals surface area contributed by atoms with E-state index >= 15 is 0 Å². The minimum atomic E-state index is -0.397. The van der Waals surface area contributed by atoms with E-state index in [4.69, 9.17) is 0 Å². The number of nitrogens with one attached hydrogen (secondary N) is 1. The van der Waals surface area contributed by atoms with Gasteiger partial charge in [0.15, 0.2) is 0 Å². The van der Waals surface area contributed by atoms with E-state index in [-0.39, 0.29) is 17.2 Å². The molecule has 0 radical (unpaired) electrons. The van der Waals surface area contributed by atoms with E-state index in [9.17, 15) is 9.59 Å². The van der Waals surface area contributed by atoms with Crippen molar-refractivity contribution in [2.45, 2.75) is 45.6 Å². The van der Waals surface area contributed by atoms with Crippen LogP contribution in [0.1, 0.15) is 49.5 Å². The van der Waals surface area contributed by atoms with Gasteiger partial charge in [-0.15, -0.1) is 5.10 Å². The number of amides is 2. The highest BCUT2D eigenvalue weighted by Crippen LogP contribution is 2.27. The number of aromatic nitrogens is 2. The number of carbonyl (C=O) groups excluding carboxylic acids is 2. The second-order valence-electron chi connectivity index (χ2n) is 5.91. The molecule has 2 rings (SSSR count). The first-order chi connectivity index (χ1) is 9.36. The van der Waals surface area contributed by atoms with E-state index in [1.165, 1.54) is 0 Å². The summed E-state index contributed by atoms with van der Waals surface area (Å²) in [6.45, 7) is 8.94. The van der Waals surface area contributed by atoms with Gasteiger partial charge in [0.05, 0.1) is 5.69 Å². The third-order valence-corrected chi connectivity index (χ3v) is 4.08. The predicted molar refractivity (Wildman–Crippen MR) is 76.7 cm³/mol. The van der Waals surface area contributed by atoms with Gasteiger partial charge in [0.1, 0.15) is 10.9 Å². The Labute approximate surface area is 122 Å². The zero-order chi connectivity index (χ0) is 14.9. The topological polar surface area (TPSA) is 75.2 Å². The SMILES string of the molecule is CCC1C(=O)NCCN1C(=O)c1snnc1C(C)(C)C. The molecule has 0 aliphatic carbocycles.